The molecular formula is C10H15N3O2. The number of carbonyl (C=O) groups excluding carboxylic acids is 1. The van der Waals surface area contributed by atoms with Gasteiger partial charge in [0.15, 0.2) is 0 Å². The van der Waals surface area contributed by atoms with Gasteiger partial charge in [-0.1, -0.05) is 6.92 Å². The number of esters is 1. The van der Waals surface area contributed by atoms with Gasteiger partial charge in [-0.2, -0.15) is 0 Å². The third-order valence-corrected chi connectivity index (χ3v) is 2.03. The van der Waals surface area contributed by atoms with Crippen molar-refractivity contribution in [2.75, 3.05) is 12.4 Å². The summed E-state index contributed by atoms with van der Waals surface area (Å²) in [6.07, 6.45) is 2.52. The molecule has 0 fully saturated rings. The van der Waals surface area contributed by atoms with E-state index in [9.17, 15) is 4.79 Å². The van der Waals surface area contributed by atoms with Gasteiger partial charge in [0, 0.05) is 12.2 Å². The quantitative estimate of drug-likeness (QED) is 0.761. The largest absolute Gasteiger partial charge is 0.463 e. The molecule has 0 spiro atoms. The standard InChI is InChI=1S/C10H15N3O2/c1-4-7(2)12-8-5-6-11-9(13-8)10(14)15-3/h5-7H,4H2,1-3H3,(H,11,12,13). The molecule has 0 bridgehead atoms. The van der Waals surface area contributed by atoms with Crippen molar-refractivity contribution in [2.45, 2.75) is 26.3 Å². The maximum absolute atomic E-state index is 11.1. The van der Waals surface area contributed by atoms with E-state index < -0.39 is 5.97 Å². The number of ether oxygens (including phenoxy) is 1. The van der Waals surface area contributed by atoms with Crippen LogP contribution >= 0.6 is 0 Å². The highest BCUT2D eigenvalue weighted by Crippen LogP contribution is 2.06. The third kappa shape index (κ3) is 3.19. The van der Waals surface area contributed by atoms with E-state index in [0.717, 1.165) is 6.42 Å². The van der Waals surface area contributed by atoms with E-state index in [2.05, 4.69) is 26.9 Å². The van der Waals surface area contributed by atoms with Crippen molar-refractivity contribution in [1.82, 2.24) is 9.97 Å². The Kier molecular flexibility index (Phi) is 4.03. The lowest BCUT2D eigenvalue weighted by atomic mass is 10.2. The minimum Gasteiger partial charge on any atom is -0.463 e. The van der Waals surface area contributed by atoms with Gasteiger partial charge < -0.3 is 10.1 Å². The minimum atomic E-state index is -0.525. The van der Waals surface area contributed by atoms with Crippen molar-refractivity contribution in [2.24, 2.45) is 0 Å². The first kappa shape index (κ1) is 11.4. The van der Waals surface area contributed by atoms with Crippen molar-refractivity contribution >= 4 is 11.8 Å². The molecule has 0 saturated heterocycles. The fourth-order valence-electron chi connectivity index (χ4n) is 0.983. The highest BCUT2D eigenvalue weighted by molar-refractivity contribution is 5.85. The molecule has 0 amide bonds. The number of hydrogen-bond acceptors (Lipinski definition) is 5. The van der Waals surface area contributed by atoms with E-state index >= 15 is 0 Å². The predicted octanol–water partition coefficient (Wildman–Crippen LogP) is 1.47. The first-order valence-electron chi connectivity index (χ1n) is 4.85. The molecule has 0 aromatic carbocycles. The van der Waals surface area contributed by atoms with Gasteiger partial charge in [-0.25, -0.2) is 14.8 Å². The van der Waals surface area contributed by atoms with Crippen LogP contribution in [0, 0.1) is 0 Å². The van der Waals surface area contributed by atoms with E-state index in [4.69, 9.17) is 0 Å². The lowest BCUT2D eigenvalue weighted by molar-refractivity contribution is 0.0587. The van der Waals surface area contributed by atoms with Crippen LogP contribution in [-0.4, -0.2) is 29.1 Å². The van der Waals surface area contributed by atoms with Gasteiger partial charge in [0.2, 0.25) is 5.82 Å². The molecule has 1 aromatic rings. The normalized spacial score (nSPS) is 11.9. The summed E-state index contributed by atoms with van der Waals surface area (Å²) in [7, 11) is 1.31. The van der Waals surface area contributed by atoms with E-state index in [1.54, 1.807) is 6.07 Å². The summed E-state index contributed by atoms with van der Waals surface area (Å²) in [5.41, 5.74) is 0. The lowest BCUT2D eigenvalue weighted by Gasteiger charge is -2.11. The highest BCUT2D eigenvalue weighted by Gasteiger charge is 2.09. The van der Waals surface area contributed by atoms with Crippen molar-refractivity contribution in [1.29, 1.82) is 0 Å². The van der Waals surface area contributed by atoms with Gasteiger partial charge in [0.1, 0.15) is 5.82 Å². The zero-order chi connectivity index (χ0) is 11.3. The van der Waals surface area contributed by atoms with E-state index in [1.807, 2.05) is 6.92 Å². The third-order valence-electron chi connectivity index (χ3n) is 2.03. The summed E-state index contributed by atoms with van der Waals surface area (Å²) in [6, 6.07) is 2.03. The molecule has 5 heteroatoms. The Balaban J connectivity index is 2.78. The molecule has 1 atom stereocenters. The summed E-state index contributed by atoms with van der Waals surface area (Å²) >= 11 is 0. The molecule has 1 rings (SSSR count). The number of rotatable bonds is 4. The number of hydrogen-bond donors (Lipinski definition) is 1. The molecule has 1 unspecified atom stereocenters. The maximum Gasteiger partial charge on any atom is 0.376 e. The van der Waals surface area contributed by atoms with Gasteiger partial charge >= 0.3 is 5.97 Å². The number of aromatic nitrogens is 2. The highest BCUT2D eigenvalue weighted by atomic mass is 16.5. The van der Waals surface area contributed by atoms with Gasteiger partial charge in [-0.3, -0.25) is 0 Å². The van der Waals surface area contributed by atoms with Gasteiger partial charge in [0.05, 0.1) is 7.11 Å². The van der Waals surface area contributed by atoms with Crippen LogP contribution in [0.2, 0.25) is 0 Å². The molecule has 15 heavy (non-hydrogen) atoms. The number of nitrogens with one attached hydrogen (secondary N) is 1. The number of nitrogens with zero attached hydrogens (tertiary/aromatic N) is 2. The smallest absolute Gasteiger partial charge is 0.376 e. The van der Waals surface area contributed by atoms with Crippen LogP contribution in [0.15, 0.2) is 12.3 Å². The molecule has 0 aliphatic heterocycles. The average molecular weight is 209 g/mol. The molecule has 0 radical (unpaired) electrons. The van der Waals surface area contributed by atoms with E-state index in [1.165, 1.54) is 13.3 Å². The molecule has 1 heterocycles. The van der Waals surface area contributed by atoms with Crippen LogP contribution < -0.4 is 5.32 Å². The van der Waals surface area contributed by atoms with Crippen molar-refractivity contribution in [3.05, 3.63) is 18.1 Å². The lowest BCUT2D eigenvalue weighted by Crippen LogP contribution is -2.16. The Morgan fingerprint density at radius 1 is 1.67 bits per heavy atom. The molecule has 5 nitrogen and oxygen atoms in total. The minimum absolute atomic E-state index is 0.0748. The fraction of sp³-hybridized carbons (Fsp3) is 0.500. The first-order chi connectivity index (χ1) is 7.17. The summed E-state index contributed by atoms with van der Waals surface area (Å²) in [4.78, 5) is 19.0. The molecular weight excluding hydrogens is 194 g/mol. The second-order valence-corrected chi connectivity index (χ2v) is 3.21. The summed E-state index contributed by atoms with van der Waals surface area (Å²) < 4.78 is 4.53. The summed E-state index contributed by atoms with van der Waals surface area (Å²) in [5.74, 6) is 0.188. The molecule has 0 aliphatic rings. The second kappa shape index (κ2) is 5.29. The van der Waals surface area contributed by atoms with Crippen LogP contribution in [0.4, 0.5) is 5.82 Å². The van der Waals surface area contributed by atoms with E-state index in [-0.39, 0.29) is 5.82 Å². The van der Waals surface area contributed by atoms with E-state index in [0.29, 0.717) is 11.9 Å². The second-order valence-electron chi connectivity index (χ2n) is 3.21. The molecule has 0 aliphatic carbocycles. The predicted molar refractivity (Wildman–Crippen MR) is 56.7 cm³/mol. The molecule has 1 N–H and O–H groups in total. The van der Waals surface area contributed by atoms with Gasteiger partial charge in [-0.15, -0.1) is 0 Å². The molecule has 0 saturated carbocycles. The Labute approximate surface area is 88.9 Å². The first-order valence-corrected chi connectivity index (χ1v) is 4.85. The zero-order valence-corrected chi connectivity index (χ0v) is 9.15. The van der Waals surface area contributed by atoms with Crippen molar-refractivity contribution in [3.63, 3.8) is 0 Å². The summed E-state index contributed by atoms with van der Waals surface area (Å²) in [6.45, 7) is 4.11. The Bertz CT molecular complexity index is 341. The molecule has 1 aromatic heterocycles. The molecule has 82 valence electrons. The number of carbonyl (C=O) groups is 1. The van der Waals surface area contributed by atoms with Gasteiger partial charge in [-0.05, 0) is 19.4 Å². The Morgan fingerprint density at radius 3 is 3.00 bits per heavy atom. The van der Waals surface area contributed by atoms with Crippen LogP contribution in [0.3, 0.4) is 0 Å². The number of anilines is 1. The Morgan fingerprint density at radius 2 is 2.40 bits per heavy atom. The van der Waals surface area contributed by atoms with Crippen LogP contribution in [-0.2, 0) is 4.74 Å². The average Bonchev–Trinajstić information content (AvgIpc) is 2.28. The number of methoxy groups -OCH3 is 1. The van der Waals surface area contributed by atoms with Crippen molar-refractivity contribution in [3.8, 4) is 0 Å². The zero-order valence-electron chi connectivity index (χ0n) is 9.15. The summed E-state index contributed by atoms with van der Waals surface area (Å²) in [5, 5.41) is 3.15. The Hall–Kier alpha value is -1.65. The monoisotopic (exact) mass is 209 g/mol. The van der Waals surface area contributed by atoms with Crippen LogP contribution in [0.1, 0.15) is 30.9 Å². The SMILES string of the molecule is CCC(C)Nc1ccnc(C(=O)OC)n1. The van der Waals surface area contributed by atoms with Gasteiger partial charge in [0.25, 0.3) is 0 Å². The fourth-order valence-corrected chi connectivity index (χ4v) is 0.983. The maximum atomic E-state index is 11.1. The van der Waals surface area contributed by atoms with Crippen molar-refractivity contribution < 1.29 is 9.53 Å². The van der Waals surface area contributed by atoms with Crippen LogP contribution in [0.5, 0.6) is 0 Å². The van der Waals surface area contributed by atoms with Crippen LogP contribution in [0.25, 0.3) is 0 Å². The topological polar surface area (TPSA) is 64.1 Å².